The van der Waals surface area contributed by atoms with Crippen LogP contribution >= 0.6 is 0 Å². The summed E-state index contributed by atoms with van der Waals surface area (Å²) < 4.78 is 0. The Morgan fingerprint density at radius 1 is 1.29 bits per heavy atom. The van der Waals surface area contributed by atoms with Crippen molar-refractivity contribution in [3.8, 4) is 0 Å². The fourth-order valence-electron chi connectivity index (χ4n) is 2.95. The molecule has 0 saturated carbocycles. The minimum absolute atomic E-state index is 0.0131. The first-order valence-electron chi connectivity index (χ1n) is 7.47. The van der Waals surface area contributed by atoms with Gasteiger partial charge in [-0.15, -0.1) is 0 Å². The Bertz CT molecular complexity index is 572. The summed E-state index contributed by atoms with van der Waals surface area (Å²) in [5.41, 5.74) is 2.40. The molecule has 0 radical (unpaired) electrons. The lowest BCUT2D eigenvalue weighted by molar-refractivity contribution is 0.0866. The van der Waals surface area contributed by atoms with Crippen molar-refractivity contribution in [2.75, 3.05) is 13.1 Å². The number of nitrogens with zero attached hydrogens (tertiary/aromatic N) is 3. The van der Waals surface area contributed by atoms with Crippen LogP contribution in [0.25, 0.3) is 0 Å². The molecular formula is C17H22N4. The van der Waals surface area contributed by atoms with Crippen molar-refractivity contribution in [1.82, 2.24) is 20.2 Å². The third kappa shape index (κ3) is 3.12. The Kier molecular flexibility index (Phi) is 3.99. The van der Waals surface area contributed by atoms with Gasteiger partial charge in [0, 0.05) is 31.9 Å². The van der Waals surface area contributed by atoms with Gasteiger partial charge in [-0.3, -0.25) is 4.90 Å². The van der Waals surface area contributed by atoms with Gasteiger partial charge in [0.25, 0.3) is 0 Å². The second kappa shape index (κ2) is 5.92. The molecule has 1 aliphatic heterocycles. The van der Waals surface area contributed by atoms with E-state index < -0.39 is 0 Å². The van der Waals surface area contributed by atoms with Crippen molar-refractivity contribution < 1.29 is 0 Å². The van der Waals surface area contributed by atoms with E-state index in [4.69, 9.17) is 0 Å². The second-order valence-corrected chi connectivity index (χ2v) is 6.03. The van der Waals surface area contributed by atoms with Crippen molar-refractivity contribution in [1.29, 1.82) is 0 Å². The standard InChI is InChI=1S/C17H22N4/c1-14-10-20-17(2,15-6-4-3-5-7-15)12-21(14)11-16-8-9-18-13-19-16/h3-9,13-14,20H,10-12H2,1-2H3. The number of hydrogen-bond donors (Lipinski definition) is 1. The third-order valence-electron chi connectivity index (χ3n) is 4.35. The Morgan fingerprint density at radius 3 is 2.81 bits per heavy atom. The summed E-state index contributed by atoms with van der Waals surface area (Å²) in [6, 6.07) is 13.2. The zero-order valence-electron chi connectivity index (χ0n) is 12.7. The summed E-state index contributed by atoms with van der Waals surface area (Å²) in [5.74, 6) is 0. The minimum Gasteiger partial charge on any atom is -0.305 e. The minimum atomic E-state index is -0.0131. The molecule has 1 aromatic carbocycles. The first kappa shape index (κ1) is 14.2. The van der Waals surface area contributed by atoms with E-state index in [0.29, 0.717) is 6.04 Å². The number of aromatic nitrogens is 2. The van der Waals surface area contributed by atoms with Gasteiger partial charge < -0.3 is 5.32 Å². The number of hydrogen-bond acceptors (Lipinski definition) is 4. The monoisotopic (exact) mass is 282 g/mol. The van der Waals surface area contributed by atoms with E-state index in [1.54, 1.807) is 6.33 Å². The summed E-state index contributed by atoms with van der Waals surface area (Å²) >= 11 is 0. The fourth-order valence-corrected chi connectivity index (χ4v) is 2.95. The molecule has 3 rings (SSSR count). The first-order chi connectivity index (χ1) is 10.2. The molecule has 4 nitrogen and oxygen atoms in total. The second-order valence-electron chi connectivity index (χ2n) is 6.03. The summed E-state index contributed by atoms with van der Waals surface area (Å²) in [7, 11) is 0. The lowest BCUT2D eigenvalue weighted by Gasteiger charge is -2.45. The molecule has 1 saturated heterocycles. The first-order valence-corrected chi connectivity index (χ1v) is 7.47. The van der Waals surface area contributed by atoms with Crippen LogP contribution in [0.1, 0.15) is 25.1 Å². The lowest BCUT2D eigenvalue weighted by Crippen LogP contribution is -2.59. The van der Waals surface area contributed by atoms with Crippen molar-refractivity contribution in [3.05, 3.63) is 60.2 Å². The van der Waals surface area contributed by atoms with Crippen LogP contribution in [0.4, 0.5) is 0 Å². The molecule has 0 amide bonds. The molecule has 1 fully saturated rings. The van der Waals surface area contributed by atoms with E-state index in [1.165, 1.54) is 5.56 Å². The van der Waals surface area contributed by atoms with Gasteiger partial charge in [0.15, 0.2) is 0 Å². The molecule has 2 atom stereocenters. The highest BCUT2D eigenvalue weighted by Crippen LogP contribution is 2.27. The van der Waals surface area contributed by atoms with E-state index in [-0.39, 0.29) is 5.54 Å². The average molecular weight is 282 g/mol. The highest BCUT2D eigenvalue weighted by molar-refractivity contribution is 5.25. The van der Waals surface area contributed by atoms with E-state index >= 15 is 0 Å². The van der Waals surface area contributed by atoms with Gasteiger partial charge in [0.1, 0.15) is 6.33 Å². The molecule has 2 unspecified atom stereocenters. The Morgan fingerprint density at radius 2 is 2.10 bits per heavy atom. The molecule has 1 aliphatic rings. The predicted molar refractivity (Wildman–Crippen MR) is 83.7 cm³/mol. The Hall–Kier alpha value is -1.78. The molecule has 2 heterocycles. The average Bonchev–Trinajstić information content (AvgIpc) is 2.53. The van der Waals surface area contributed by atoms with Gasteiger partial charge in [-0.2, -0.15) is 0 Å². The van der Waals surface area contributed by atoms with E-state index in [1.807, 2.05) is 12.3 Å². The topological polar surface area (TPSA) is 41.0 Å². The van der Waals surface area contributed by atoms with Crippen LogP contribution in [0.5, 0.6) is 0 Å². The zero-order valence-corrected chi connectivity index (χ0v) is 12.7. The van der Waals surface area contributed by atoms with Crippen molar-refractivity contribution in [2.45, 2.75) is 32.0 Å². The highest BCUT2D eigenvalue weighted by atomic mass is 15.3. The van der Waals surface area contributed by atoms with E-state index in [0.717, 1.165) is 25.3 Å². The molecule has 2 aromatic rings. The van der Waals surface area contributed by atoms with Crippen LogP contribution < -0.4 is 5.32 Å². The van der Waals surface area contributed by atoms with E-state index in [9.17, 15) is 0 Å². The molecule has 0 spiro atoms. The van der Waals surface area contributed by atoms with Crippen LogP contribution in [0, 0.1) is 0 Å². The van der Waals surface area contributed by atoms with Gasteiger partial charge in [-0.05, 0) is 25.5 Å². The van der Waals surface area contributed by atoms with E-state index in [2.05, 4.69) is 64.4 Å². The molecule has 4 heteroatoms. The van der Waals surface area contributed by atoms with Gasteiger partial charge in [-0.1, -0.05) is 30.3 Å². The number of rotatable bonds is 3. The van der Waals surface area contributed by atoms with Crippen molar-refractivity contribution >= 4 is 0 Å². The Balaban J connectivity index is 1.78. The number of piperazine rings is 1. The quantitative estimate of drug-likeness (QED) is 0.937. The van der Waals surface area contributed by atoms with Crippen molar-refractivity contribution in [3.63, 3.8) is 0 Å². The maximum Gasteiger partial charge on any atom is 0.115 e. The SMILES string of the molecule is CC1CNC(C)(c2ccccc2)CN1Cc1ccncn1. The normalized spacial score (nSPS) is 26.7. The van der Waals surface area contributed by atoms with Crippen LogP contribution in [0.2, 0.25) is 0 Å². The smallest absolute Gasteiger partial charge is 0.115 e. The molecule has 0 aliphatic carbocycles. The summed E-state index contributed by atoms with van der Waals surface area (Å²) in [6.45, 7) is 7.37. The molecular weight excluding hydrogens is 260 g/mol. The maximum absolute atomic E-state index is 4.35. The molecule has 21 heavy (non-hydrogen) atoms. The molecule has 0 bridgehead atoms. The number of nitrogens with one attached hydrogen (secondary N) is 1. The van der Waals surface area contributed by atoms with Crippen LogP contribution in [-0.2, 0) is 12.1 Å². The van der Waals surface area contributed by atoms with Gasteiger partial charge in [0.2, 0.25) is 0 Å². The maximum atomic E-state index is 4.35. The highest BCUT2D eigenvalue weighted by Gasteiger charge is 2.35. The summed E-state index contributed by atoms with van der Waals surface area (Å²) in [6.07, 6.45) is 3.43. The summed E-state index contributed by atoms with van der Waals surface area (Å²) in [4.78, 5) is 10.8. The largest absolute Gasteiger partial charge is 0.305 e. The lowest BCUT2D eigenvalue weighted by atomic mass is 9.88. The van der Waals surface area contributed by atoms with Crippen LogP contribution in [0.3, 0.4) is 0 Å². The zero-order chi connectivity index (χ0) is 14.7. The third-order valence-corrected chi connectivity index (χ3v) is 4.35. The summed E-state index contributed by atoms with van der Waals surface area (Å²) in [5, 5.41) is 3.70. The van der Waals surface area contributed by atoms with Crippen LogP contribution in [0.15, 0.2) is 48.9 Å². The molecule has 1 aromatic heterocycles. The molecule has 1 N–H and O–H groups in total. The van der Waals surface area contributed by atoms with Gasteiger partial charge in [-0.25, -0.2) is 9.97 Å². The number of benzene rings is 1. The van der Waals surface area contributed by atoms with Gasteiger partial charge in [0.05, 0.1) is 11.2 Å². The molecule has 110 valence electrons. The van der Waals surface area contributed by atoms with Crippen molar-refractivity contribution in [2.24, 2.45) is 0 Å². The van der Waals surface area contributed by atoms with Gasteiger partial charge >= 0.3 is 0 Å². The fraction of sp³-hybridized carbons (Fsp3) is 0.412. The van der Waals surface area contributed by atoms with Crippen LogP contribution in [-0.4, -0.2) is 34.0 Å². The Labute approximate surface area is 126 Å². The predicted octanol–water partition coefficient (Wildman–Crippen LogP) is 2.19.